The summed E-state index contributed by atoms with van der Waals surface area (Å²) >= 11 is 0. The van der Waals surface area contributed by atoms with Gasteiger partial charge in [0.15, 0.2) is 9.84 Å². The van der Waals surface area contributed by atoms with Gasteiger partial charge in [0.25, 0.3) is 5.69 Å². The number of non-ortho nitro benzene ring substituents is 1. The van der Waals surface area contributed by atoms with Crippen LogP contribution in [0.3, 0.4) is 0 Å². The first-order valence-corrected chi connectivity index (χ1v) is 7.29. The molecule has 0 aliphatic carbocycles. The summed E-state index contributed by atoms with van der Waals surface area (Å²) in [6, 6.07) is 11.1. The Morgan fingerprint density at radius 1 is 1.10 bits per heavy atom. The summed E-state index contributed by atoms with van der Waals surface area (Å²) in [5, 5.41) is 20.1. The third-order valence-electron chi connectivity index (χ3n) is 2.63. The molecule has 0 atom stereocenters. The van der Waals surface area contributed by atoms with Crippen LogP contribution in [0.15, 0.2) is 53.4 Å². The zero-order chi connectivity index (χ0) is 14.8. The topological polar surface area (TPSA) is 97.5 Å². The summed E-state index contributed by atoms with van der Waals surface area (Å²) < 4.78 is 24.3. The van der Waals surface area contributed by atoms with Crippen LogP contribution in [-0.4, -0.2) is 18.4 Å². The molecule has 1 N–H and O–H groups in total. The number of aromatic hydroxyl groups is 1. The Kier molecular flexibility index (Phi) is 3.71. The third kappa shape index (κ3) is 3.12. The van der Waals surface area contributed by atoms with Crippen LogP contribution < -0.4 is 0 Å². The number of rotatable bonds is 4. The van der Waals surface area contributed by atoms with E-state index >= 15 is 0 Å². The number of phenols is 1. The van der Waals surface area contributed by atoms with Crippen LogP contribution in [0, 0.1) is 10.1 Å². The second kappa shape index (κ2) is 5.30. The lowest BCUT2D eigenvalue weighted by atomic mass is 10.2. The van der Waals surface area contributed by atoms with E-state index in [1.807, 2.05) is 0 Å². The molecule has 0 aromatic heterocycles. The molecule has 0 radical (unpaired) electrons. The average molecular weight is 293 g/mol. The van der Waals surface area contributed by atoms with Crippen molar-refractivity contribution >= 4 is 15.5 Å². The molecule has 0 bridgehead atoms. The molecule has 6 nitrogen and oxygen atoms in total. The SMILES string of the molecule is O=[N+]([O-])c1cc(O)cc(CS(=O)(=O)c2ccccc2)c1. The smallest absolute Gasteiger partial charge is 0.273 e. The predicted octanol–water partition coefficient (Wildman–Crippen LogP) is 2.27. The van der Waals surface area contributed by atoms with Crippen LogP contribution in [0.2, 0.25) is 0 Å². The molecular weight excluding hydrogens is 282 g/mol. The van der Waals surface area contributed by atoms with E-state index in [-0.39, 0.29) is 21.9 Å². The van der Waals surface area contributed by atoms with E-state index in [0.717, 1.165) is 12.1 Å². The Morgan fingerprint density at radius 2 is 1.75 bits per heavy atom. The number of sulfone groups is 1. The lowest BCUT2D eigenvalue weighted by Gasteiger charge is -2.05. The number of hydrogen-bond acceptors (Lipinski definition) is 5. The summed E-state index contributed by atoms with van der Waals surface area (Å²) in [5.74, 6) is -0.746. The Morgan fingerprint density at radius 3 is 2.35 bits per heavy atom. The standard InChI is InChI=1S/C13H11NO5S/c15-12-7-10(6-11(8-12)14(16)17)9-20(18,19)13-4-2-1-3-5-13/h1-8,15H,9H2. The average Bonchev–Trinajstić information content (AvgIpc) is 2.38. The fourth-order valence-electron chi connectivity index (χ4n) is 1.78. The van der Waals surface area contributed by atoms with Crippen molar-refractivity contribution in [2.45, 2.75) is 10.6 Å². The van der Waals surface area contributed by atoms with Crippen molar-refractivity contribution in [3.8, 4) is 5.75 Å². The van der Waals surface area contributed by atoms with Crippen molar-refractivity contribution < 1.29 is 18.4 Å². The lowest BCUT2D eigenvalue weighted by molar-refractivity contribution is -0.385. The minimum absolute atomic E-state index is 0.131. The number of nitrogens with zero attached hydrogens (tertiary/aromatic N) is 1. The van der Waals surface area contributed by atoms with E-state index in [1.165, 1.54) is 18.2 Å². The van der Waals surface area contributed by atoms with Gasteiger partial charge < -0.3 is 5.11 Å². The second-order valence-electron chi connectivity index (χ2n) is 4.19. The monoisotopic (exact) mass is 293 g/mol. The highest BCUT2D eigenvalue weighted by atomic mass is 32.2. The van der Waals surface area contributed by atoms with E-state index in [1.54, 1.807) is 18.2 Å². The molecule has 0 aliphatic heterocycles. The van der Waals surface area contributed by atoms with Crippen molar-refractivity contribution in [2.75, 3.05) is 0 Å². The second-order valence-corrected chi connectivity index (χ2v) is 6.18. The first-order valence-electron chi connectivity index (χ1n) is 5.63. The minimum Gasteiger partial charge on any atom is -0.508 e. The van der Waals surface area contributed by atoms with Crippen molar-refractivity contribution in [1.82, 2.24) is 0 Å². The van der Waals surface area contributed by atoms with Gasteiger partial charge in [0, 0.05) is 6.07 Å². The molecule has 0 saturated heterocycles. The molecule has 2 aromatic rings. The molecule has 20 heavy (non-hydrogen) atoms. The summed E-state index contributed by atoms with van der Waals surface area (Å²) in [6.45, 7) is 0. The maximum absolute atomic E-state index is 12.1. The van der Waals surface area contributed by atoms with Gasteiger partial charge in [0.05, 0.1) is 21.6 Å². The van der Waals surface area contributed by atoms with Gasteiger partial charge in [-0.1, -0.05) is 18.2 Å². The quantitative estimate of drug-likeness (QED) is 0.689. The molecule has 0 amide bonds. The minimum atomic E-state index is -3.61. The zero-order valence-corrected chi connectivity index (χ0v) is 11.1. The van der Waals surface area contributed by atoms with E-state index in [0.29, 0.717) is 0 Å². The molecule has 7 heteroatoms. The van der Waals surface area contributed by atoms with Gasteiger partial charge >= 0.3 is 0 Å². The van der Waals surface area contributed by atoms with Crippen LogP contribution in [0.4, 0.5) is 5.69 Å². The first kappa shape index (κ1) is 14.0. The van der Waals surface area contributed by atoms with Gasteiger partial charge in [0.1, 0.15) is 5.75 Å². The zero-order valence-electron chi connectivity index (χ0n) is 10.3. The summed E-state index contributed by atoms with van der Waals surface area (Å²) in [6.07, 6.45) is 0. The molecule has 0 unspecified atom stereocenters. The van der Waals surface area contributed by atoms with Gasteiger partial charge in [-0.15, -0.1) is 0 Å². The third-order valence-corrected chi connectivity index (χ3v) is 4.34. The molecule has 2 rings (SSSR count). The Hall–Kier alpha value is -2.41. The molecule has 0 spiro atoms. The van der Waals surface area contributed by atoms with Crippen LogP contribution in [0.5, 0.6) is 5.75 Å². The van der Waals surface area contributed by atoms with Gasteiger partial charge in [-0.2, -0.15) is 0 Å². The number of nitro benzene ring substituents is 1. The number of nitro groups is 1. The van der Waals surface area contributed by atoms with Crippen LogP contribution in [0.25, 0.3) is 0 Å². The van der Waals surface area contributed by atoms with Crippen molar-refractivity contribution in [3.63, 3.8) is 0 Å². The van der Waals surface area contributed by atoms with Gasteiger partial charge in [-0.05, 0) is 23.8 Å². The van der Waals surface area contributed by atoms with Crippen molar-refractivity contribution in [2.24, 2.45) is 0 Å². The van der Waals surface area contributed by atoms with E-state index in [4.69, 9.17) is 0 Å². The molecular formula is C13H11NO5S. The van der Waals surface area contributed by atoms with Gasteiger partial charge in [0.2, 0.25) is 0 Å². The fraction of sp³-hybridized carbons (Fsp3) is 0.0769. The van der Waals surface area contributed by atoms with Crippen molar-refractivity contribution in [3.05, 3.63) is 64.2 Å². The van der Waals surface area contributed by atoms with Crippen molar-refractivity contribution in [1.29, 1.82) is 0 Å². The Bertz CT molecular complexity index is 741. The maximum atomic E-state index is 12.1. The molecule has 0 fully saturated rings. The molecule has 104 valence electrons. The number of benzene rings is 2. The van der Waals surface area contributed by atoms with Crippen LogP contribution in [0.1, 0.15) is 5.56 Å². The summed E-state index contributed by atoms with van der Waals surface area (Å²) in [4.78, 5) is 10.1. The largest absolute Gasteiger partial charge is 0.508 e. The number of hydrogen-bond donors (Lipinski definition) is 1. The number of phenolic OH excluding ortho intramolecular Hbond substituents is 1. The normalized spacial score (nSPS) is 11.2. The van der Waals surface area contributed by atoms with Gasteiger partial charge in [-0.3, -0.25) is 10.1 Å². The summed E-state index contributed by atoms with van der Waals surface area (Å²) in [5.41, 5.74) is -0.177. The molecule has 0 heterocycles. The fourth-order valence-corrected chi connectivity index (χ4v) is 3.12. The predicted molar refractivity (Wildman–Crippen MR) is 72.1 cm³/mol. The Balaban J connectivity index is 2.37. The first-order chi connectivity index (χ1) is 9.38. The molecule has 2 aromatic carbocycles. The highest BCUT2D eigenvalue weighted by molar-refractivity contribution is 7.90. The summed E-state index contributed by atoms with van der Waals surface area (Å²) in [7, 11) is -3.61. The van der Waals surface area contributed by atoms with E-state index < -0.39 is 20.5 Å². The van der Waals surface area contributed by atoms with Gasteiger partial charge in [-0.25, -0.2) is 8.42 Å². The van der Waals surface area contributed by atoms with Crippen LogP contribution >= 0.6 is 0 Å². The van der Waals surface area contributed by atoms with E-state index in [9.17, 15) is 23.6 Å². The maximum Gasteiger partial charge on any atom is 0.273 e. The highest BCUT2D eigenvalue weighted by Crippen LogP contribution is 2.24. The van der Waals surface area contributed by atoms with E-state index in [2.05, 4.69) is 0 Å². The lowest BCUT2D eigenvalue weighted by Crippen LogP contribution is -2.05. The molecule has 0 saturated carbocycles. The Labute approximate surface area is 115 Å². The highest BCUT2D eigenvalue weighted by Gasteiger charge is 2.18. The van der Waals surface area contributed by atoms with Crippen LogP contribution in [-0.2, 0) is 15.6 Å². The molecule has 0 aliphatic rings.